The number of amides is 1. The standard InChI is InChI=1S/C25H40N2O5/c1-17(2)6-7-20-24(3,32-20)22-21(29-4)19(8-10-25(22)16-30-25)31-23(28)27-14-18(15-27)9-13-26-11-5-12-26/h6,18-22H,5,7-16H2,1-4H3/t19?,20-,21?,22?,24+,25?/m1/s1. The molecule has 1 spiro atoms. The maximum atomic E-state index is 12.9. The van der Waals surface area contributed by atoms with Gasteiger partial charge < -0.3 is 28.7 Å². The lowest BCUT2D eigenvalue weighted by molar-refractivity contribution is -0.124. The third kappa shape index (κ3) is 4.22. The SMILES string of the molecule is COC1C(OC(=O)N2CC(CCN3CCC3)C2)CCC2(CO2)C1[C@@]1(C)O[C@@H]1CC=C(C)C. The van der Waals surface area contributed by atoms with Crippen molar-refractivity contribution in [1.82, 2.24) is 9.80 Å². The summed E-state index contributed by atoms with van der Waals surface area (Å²) in [6, 6.07) is 0. The van der Waals surface area contributed by atoms with E-state index in [2.05, 4.69) is 31.7 Å². The van der Waals surface area contributed by atoms with Gasteiger partial charge in [-0.1, -0.05) is 11.6 Å². The lowest BCUT2D eigenvalue weighted by Crippen LogP contribution is -2.57. The van der Waals surface area contributed by atoms with Crippen LogP contribution in [0.15, 0.2) is 11.6 Å². The van der Waals surface area contributed by atoms with Crippen LogP contribution < -0.4 is 0 Å². The van der Waals surface area contributed by atoms with Crippen molar-refractivity contribution in [1.29, 1.82) is 0 Å². The fraction of sp³-hybridized carbons (Fsp3) is 0.880. The molecule has 1 amide bonds. The molecule has 0 N–H and O–H groups in total. The molecule has 5 rings (SSSR count). The molecule has 1 saturated carbocycles. The Hall–Kier alpha value is -1.15. The quantitative estimate of drug-likeness (QED) is 0.420. The molecule has 6 atom stereocenters. The van der Waals surface area contributed by atoms with Crippen LogP contribution in [0.4, 0.5) is 4.79 Å². The Morgan fingerprint density at radius 1 is 1.25 bits per heavy atom. The third-order valence-electron chi connectivity index (χ3n) is 8.51. The van der Waals surface area contributed by atoms with Gasteiger partial charge in [-0.2, -0.15) is 0 Å². The molecule has 0 aromatic carbocycles. The molecule has 0 aromatic rings. The van der Waals surface area contributed by atoms with E-state index in [1.165, 1.54) is 31.5 Å². The molecule has 5 aliphatic rings. The number of nitrogens with zero attached hydrogens (tertiary/aromatic N) is 2. The summed E-state index contributed by atoms with van der Waals surface area (Å²) in [4.78, 5) is 17.2. The number of hydrogen-bond donors (Lipinski definition) is 0. The molecule has 7 nitrogen and oxygen atoms in total. The maximum Gasteiger partial charge on any atom is 0.410 e. The largest absolute Gasteiger partial charge is 0.443 e. The molecule has 180 valence electrons. The van der Waals surface area contributed by atoms with E-state index in [4.69, 9.17) is 18.9 Å². The second kappa shape index (κ2) is 8.57. The molecule has 1 aliphatic carbocycles. The maximum absolute atomic E-state index is 12.9. The Balaban J connectivity index is 1.17. The van der Waals surface area contributed by atoms with Gasteiger partial charge in [0.25, 0.3) is 0 Å². The van der Waals surface area contributed by atoms with E-state index in [1.54, 1.807) is 7.11 Å². The zero-order chi connectivity index (χ0) is 22.5. The molecular formula is C25H40N2O5. The van der Waals surface area contributed by atoms with Gasteiger partial charge in [-0.05, 0) is 78.4 Å². The Labute approximate surface area is 192 Å². The lowest BCUT2D eigenvalue weighted by Gasteiger charge is -2.45. The zero-order valence-corrected chi connectivity index (χ0v) is 20.2. The summed E-state index contributed by atoms with van der Waals surface area (Å²) in [5.74, 6) is 0.681. The van der Waals surface area contributed by atoms with Crippen LogP contribution in [0.3, 0.4) is 0 Å². The van der Waals surface area contributed by atoms with Gasteiger partial charge in [0.15, 0.2) is 0 Å². The first-order valence-corrected chi connectivity index (χ1v) is 12.5. The highest BCUT2D eigenvalue weighted by Gasteiger charge is 2.72. The first-order valence-electron chi connectivity index (χ1n) is 12.5. The molecule has 0 aromatic heterocycles. The summed E-state index contributed by atoms with van der Waals surface area (Å²) in [7, 11) is 1.73. The highest BCUT2D eigenvalue weighted by Crippen LogP contribution is 2.59. The van der Waals surface area contributed by atoms with Crippen LogP contribution in [0.5, 0.6) is 0 Å². The highest BCUT2D eigenvalue weighted by atomic mass is 16.6. The van der Waals surface area contributed by atoms with E-state index in [0.29, 0.717) is 5.92 Å². The zero-order valence-electron chi connectivity index (χ0n) is 20.2. The minimum absolute atomic E-state index is 0.0720. The van der Waals surface area contributed by atoms with E-state index >= 15 is 0 Å². The summed E-state index contributed by atoms with van der Waals surface area (Å²) < 4.78 is 24.3. The average molecular weight is 449 g/mol. The van der Waals surface area contributed by atoms with Gasteiger partial charge in [-0.25, -0.2) is 4.79 Å². The average Bonchev–Trinajstić information content (AvgIpc) is 3.59. The van der Waals surface area contributed by atoms with Crippen LogP contribution in [0.25, 0.3) is 0 Å². The second-order valence-corrected chi connectivity index (χ2v) is 11.1. The Morgan fingerprint density at radius 2 is 2.00 bits per heavy atom. The summed E-state index contributed by atoms with van der Waals surface area (Å²) in [5, 5.41) is 0. The van der Waals surface area contributed by atoms with Crippen LogP contribution in [0.2, 0.25) is 0 Å². The molecule has 0 radical (unpaired) electrons. The monoisotopic (exact) mass is 448 g/mol. The fourth-order valence-corrected chi connectivity index (χ4v) is 6.15. The topological polar surface area (TPSA) is 67.1 Å². The van der Waals surface area contributed by atoms with Gasteiger partial charge in [-0.3, -0.25) is 0 Å². The molecular weight excluding hydrogens is 408 g/mol. The molecule has 5 fully saturated rings. The van der Waals surface area contributed by atoms with E-state index in [9.17, 15) is 4.79 Å². The minimum atomic E-state index is -0.299. The summed E-state index contributed by atoms with van der Waals surface area (Å²) in [6.45, 7) is 12.4. The molecule has 4 saturated heterocycles. The number of carbonyl (C=O) groups excluding carboxylic acids is 1. The Bertz CT molecular complexity index is 739. The van der Waals surface area contributed by atoms with Crippen LogP contribution in [-0.2, 0) is 18.9 Å². The van der Waals surface area contributed by atoms with Crippen molar-refractivity contribution < 1.29 is 23.7 Å². The molecule has 32 heavy (non-hydrogen) atoms. The van der Waals surface area contributed by atoms with Crippen molar-refractivity contribution in [2.75, 3.05) is 46.4 Å². The summed E-state index contributed by atoms with van der Waals surface area (Å²) in [5.41, 5.74) is 0.820. The van der Waals surface area contributed by atoms with Crippen molar-refractivity contribution in [2.24, 2.45) is 11.8 Å². The number of allylic oxidation sites excluding steroid dienone is 1. The van der Waals surface area contributed by atoms with Crippen molar-refractivity contribution in [3.8, 4) is 0 Å². The second-order valence-electron chi connectivity index (χ2n) is 11.1. The van der Waals surface area contributed by atoms with E-state index < -0.39 is 0 Å². The molecule has 0 bridgehead atoms. The van der Waals surface area contributed by atoms with E-state index in [1.807, 2.05) is 4.90 Å². The first-order chi connectivity index (χ1) is 15.3. The van der Waals surface area contributed by atoms with Gasteiger partial charge in [0, 0.05) is 20.2 Å². The van der Waals surface area contributed by atoms with Crippen molar-refractivity contribution in [2.45, 2.75) is 82.4 Å². The number of methoxy groups -OCH3 is 1. The number of epoxide rings is 2. The molecule has 4 unspecified atom stereocenters. The predicted molar refractivity (Wildman–Crippen MR) is 121 cm³/mol. The van der Waals surface area contributed by atoms with Crippen LogP contribution in [0.1, 0.15) is 52.9 Å². The van der Waals surface area contributed by atoms with E-state index in [0.717, 1.165) is 45.5 Å². The number of carbonyl (C=O) groups is 1. The van der Waals surface area contributed by atoms with Crippen LogP contribution in [0, 0.1) is 11.8 Å². The first kappa shape index (κ1) is 22.6. The van der Waals surface area contributed by atoms with Crippen molar-refractivity contribution >= 4 is 6.09 Å². The minimum Gasteiger partial charge on any atom is -0.443 e. The van der Waals surface area contributed by atoms with Crippen LogP contribution in [-0.4, -0.2) is 91.8 Å². The van der Waals surface area contributed by atoms with Gasteiger partial charge in [0.05, 0.1) is 18.6 Å². The number of hydrogen-bond acceptors (Lipinski definition) is 6. The predicted octanol–water partition coefficient (Wildman–Crippen LogP) is 3.23. The molecule has 4 aliphatic heterocycles. The Morgan fingerprint density at radius 3 is 2.59 bits per heavy atom. The Kier molecular flexibility index (Phi) is 6.06. The third-order valence-corrected chi connectivity index (χ3v) is 8.51. The lowest BCUT2D eigenvalue weighted by atomic mass is 9.68. The van der Waals surface area contributed by atoms with E-state index in [-0.39, 0.29) is 41.5 Å². The fourth-order valence-electron chi connectivity index (χ4n) is 6.15. The molecule has 7 heteroatoms. The summed E-state index contributed by atoms with van der Waals surface area (Å²) in [6.07, 6.45) is 6.84. The number of likely N-dealkylation sites (tertiary alicyclic amines) is 2. The smallest absolute Gasteiger partial charge is 0.410 e. The normalized spacial score (nSPS) is 41.1. The van der Waals surface area contributed by atoms with Gasteiger partial charge in [-0.15, -0.1) is 0 Å². The van der Waals surface area contributed by atoms with Crippen LogP contribution >= 0.6 is 0 Å². The van der Waals surface area contributed by atoms with Gasteiger partial charge in [0.2, 0.25) is 0 Å². The molecule has 4 heterocycles. The highest BCUT2D eigenvalue weighted by molar-refractivity contribution is 5.69. The van der Waals surface area contributed by atoms with Crippen molar-refractivity contribution in [3.63, 3.8) is 0 Å². The van der Waals surface area contributed by atoms with Gasteiger partial charge >= 0.3 is 6.09 Å². The van der Waals surface area contributed by atoms with Gasteiger partial charge in [0.1, 0.15) is 23.4 Å². The van der Waals surface area contributed by atoms with Crippen molar-refractivity contribution in [3.05, 3.63) is 11.6 Å². The summed E-state index contributed by atoms with van der Waals surface area (Å²) >= 11 is 0. The number of rotatable bonds is 8. The number of ether oxygens (including phenoxy) is 4.